The van der Waals surface area contributed by atoms with Gasteiger partial charge in [-0.1, -0.05) is 17.7 Å². The minimum Gasteiger partial charge on any atom is -0.444 e. The maximum absolute atomic E-state index is 11.8. The van der Waals surface area contributed by atoms with Gasteiger partial charge in [-0.25, -0.2) is 4.79 Å². The molecule has 4 nitrogen and oxygen atoms in total. The molecule has 0 bridgehead atoms. The molecular weight excluding hydrogens is 254 g/mol. The van der Waals surface area contributed by atoms with Crippen molar-refractivity contribution >= 4 is 6.09 Å². The smallest absolute Gasteiger partial charge is 0.408 e. The van der Waals surface area contributed by atoms with E-state index in [1.54, 1.807) is 0 Å². The molecular formula is C16H25NO3. The molecule has 0 aromatic heterocycles. The fourth-order valence-corrected chi connectivity index (χ4v) is 2.40. The lowest BCUT2D eigenvalue weighted by Gasteiger charge is -2.25. The first-order valence-electron chi connectivity index (χ1n) is 6.82. The Bertz CT molecular complexity index is 466. The number of aliphatic hydroxyl groups excluding tert-OH is 1. The summed E-state index contributed by atoms with van der Waals surface area (Å²) >= 11 is 0. The summed E-state index contributed by atoms with van der Waals surface area (Å²) in [5.41, 5.74) is 3.67. The molecule has 0 heterocycles. The molecule has 0 aliphatic carbocycles. The first-order chi connectivity index (χ1) is 9.14. The number of alkyl carbamates (subject to hydrolysis) is 1. The van der Waals surface area contributed by atoms with E-state index in [0.29, 0.717) is 0 Å². The fraction of sp³-hybridized carbons (Fsp3) is 0.562. The lowest BCUT2D eigenvalue weighted by Crippen LogP contribution is -2.36. The molecule has 112 valence electrons. The lowest BCUT2D eigenvalue weighted by atomic mass is 9.94. The van der Waals surface area contributed by atoms with Gasteiger partial charge in [-0.05, 0) is 58.2 Å². The summed E-state index contributed by atoms with van der Waals surface area (Å²) < 4.78 is 5.23. The maximum atomic E-state index is 11.8. The molecule has 0 radical (unpaired) electrons. The molecule has 0 aliphatic heterocycles. The van der Waals surface area contributed by atoms with E-state index in [4.69, 9.17) is 4.74 Å². The topological polar surface area (TPSA) is 58.6 Å². The minimum atomic E-state index is -0.554. The van der Waals surface area contributed by atoms with Crippen LogP contribution in [0.3, 0.4) is 0 Å². The van der Waals surface area contributed by atoms with Crippen molar-refractivity contribution in [2.75, 3.05) is 6.61 Å². The summed E-state index contributed by atoms with van der Waals surface area (Å²) in [5.74, 6) is 0. The number of nitrogens with one attached hydrogen (secondary N) is 1. The van der Waals surface area contributed by atoms with Crippen molar-refractivity contribution < 1.29 is 14.6 Å². The predicted octanol–water partition coefficient (Wildman–Crippen LogP) is 3.17. The molecule has 4 heteroatoms. The Balaban J connectivity index is 2.95. The van der Waals surface area contributed by atoms with Gasteiger partial charge in [0.05, 0.1) is 12.6 Å². The quantitative estimate of drug-likeness (QED) is 0.893. The van der Waals surface area contributed by atoms with Crippen molar-refractivity contribution in [3.8, 4) is 0 Å². The van der Waals surface area contributed by atoms with Gasteiger partial charge in [-0.2, -0.15) is 0 Å². The van der Waals surface area contributed by atoms with Gasteiger partial charge in [-0.3, -0.25) is 0 Å². The highest BCUT2D eigenvalue weighted by Crippen LogP contribution is 2.23. The van der Waals surface area contributed by atoms with Crippen LogP contribution in [0.5, 0.6) is 0 Å². The maximum Gasteiger partial charge on any atom is 0.408 e. The summed E-state index contributed by atoms with van der Waals surface area (Å²) in [7, 11) is 0. The van der Waals surface area contributed by atoms with Crippen LogP contribution in [0.4, 0.5) is 4.79 Å². The Kier molecular flexibility index (Phi) is 5.17. The second-order valence-electron chi connectivity index (χ2n) is 6.19. The van der Waals surface area contributed by atoms with E-state index in [2.05, 4.69) is 5.32 Å². The van der Waals surface area contributed by atoms with Crippen molar-refractivity contribution in [2.45, 2.75) is 53.2 Å². The summed E-state index contributed by atoms with van der Waals surface area (Å²) in [6.45, 7) is 11.3. The molecule has 0 aliphatic rings. The van der Waals surface area contributed by atoms with E-state index in [1.807, 2.05) is 53.7 Å². The van der Waals surface area contributed by atoms with Crippen LogP contribution in [-0.4, -0.2) is 23.4 Å². The van der Waals surface area contributed by atoms with Crippen LogP contribution < -0.4 is 5.32 Å². The minimum absolute atomic E-state index is 0.163. The Hall–Kier alpha value is -1.55. The van der Waals surface area contributed by atoms with Gasteiger partial charge in [0.2, 0.25) is 0 Å². The highest BCUT2D eigenvalue weighted by molar-refractivity contribution is 5.68. The Morgan fingerprint density at radius 1 is 1.25 bits per heavy atom. The number of aliphatic hydroxyl groups is 1. The first-order valence-corrected chi connectivity index (χ1v) is 6.82. The normalized spacial score (nSPS) is 12.9. The second-order valence-corrected chi connectivity index (χ2v) is 6.19. The fourth-order valence-electron chi connectivity index (χ4n) is 2.40. The SMILES string of the molecule is Cc1cc(C)c(C(CO)NC(=O)OC(C)(C)C)c(C)c1. The van der Waals surface area contributed by atoms with Gasteiger partial charge in [0.15, 0.2) is 0 Å². The Morgan fingerprint density at radius 3 is 2.15 bits per heavy atom. The number of hydrogen-bond donors (Lipinski definition) is 2. The van der Waals surface area contributed by atoms with Crippen LogP contribution in [0.15, 0.2) is 12.1 Å². The molecule has 2 N–H and O–H groups in total. The monoisotopic (exact) mass is 279 g/mol. The number of ether oxygens (including phenoxy) is 1. The van der Waals surface area contributed by atoms with Crippen LogP contribution >= 0.6 is 0 Å². The van der Waals surface area contributed by atoms with Crippen LogP contribution in [0.2, 0.25) is 0 Å². The molecule has 1 amide bonds. The standard InChI is InChI=1S/C16H25NO3/c1-10-7-11(2)14(12(3)8-10)13(9-18)17-15(19)20-16(4,5)6/h7-8,13,18H,9H2,1-6H3,(H,17,19). The summed E-state index contributed by atoms with van der Waals surface area (Å²) in [5, 5.41) is 12.3. The van der Waals surface area contributed by atoms with Gasteiger partial charge >= 0.3 is 6.09 Å². The summed E-state index contributed by atoms with van der Waals surface area (Å²) in [6, 6.07) is 3.63. The largest absolute Gasteiger partial charge is 0.444 e. The van der Waals surface area contributed by atoms with Gasteiger partial charge in [0.25, 0.3) is 0 Å². The first kappa shape index (κ1) is 16.5. The molecule has 1 aromatic rings. The molecule has 1 aromatic carbocycles. The summed E-state index contributed by atoms with van der Waals surface area (Å²) in [6.07, 6.45) is -0.518. The van der Waals surface area contributed by atoms with E-state index in [1.165, 1.54) is 0 Å². The van der Waals surface area contributed by atoms with Crippen molar-refractivity contribution in [1.29, 1.82) is 0 Å². The third-order valence-corrected chi connectivity index (χ3v) is 2.96. The van der Waals surface area contributed by atoms with E-state index in [-0.39, 0.29) is 6.61 Å². The molecule has 1 rings (SSSR count). The van der Waals surface area contributed by atoms with Gasteiger partial charge in [0.1, 0.15) is 5.60 Å². The lowest BCUT2D eigenvalue weighted by molar-refractivity contribution is 0.0481. The molecule has 0 saturated heterocycles. The van der Waals surface area contributed by atoms with E-state index in [0.717, 1.165) is 22.3 Å². The molecule has 1 unspecified atom stereocenters. The van der Waals surface area contributed by atoms with Gasteiger partial charge < -0.3 is 15.2 Å². The third kappa shape index (κ3) is 4.53. The van der Waals surface area contributed by atoms with Crippen molar-refractivity contribution in [1.82, 2.24) is 5.32 Å². The number of benzene rings is 1. The number of aryl methyl sites for hydroxylation is 3. The number of hydrogen-bond acceptors (Lipinski definition) is 3. The number of carbonyl (C=O) groups is 1. The van der Waals surface area contributed by atoms with Crippen molar-refractivity contribution in [2.24, 2.45) is 0 Å². The van der Waals surface area contributed by atoms with Crippen LogP contribution in [0.25, 0.3) is 0 Å². The molecule has 0 fully saturated rings. The average molecular weight is 279 g/mol. The molecule has 1 atom stereocenters. The van der Waals surface area contributed by atoms with E-state index in [9.17, 15) is 9.90 Å². The zero-order valence-corrected chi connectivity index (χ0v) is 13.2. The summed E-state index contributed by atoms with van der Waals surface area (Å²) in [4.78, 5) is 11.8. The van der Waals surface area contributed by atoms with E-state index < -0.39 is 17.7 Å². The Morgan fingerprint density at radius 2 is 1.75 bits per heavy atom. The Labute approximate surface area is 121 Å². The van der Waals surface area contributed by atoms with Crippen LogP contribution in [0.1, 0.15) is 49.1 Å². The molecule has 20 heavy (non-hydrogen) atoms. The van der Waals surface area contributed by atoms with E-state index >= 15 is 0 Å². The average Bonchev–Trinajstić information content (AvgIpc) is 2.23. The highest BCUT2D eigenvalue weighted by atomic mass is 16.6. The predicted molar refractivity (Wildman–Crippen MR) is 79.8 cm³/mol. The van der Waals surface area contributed by atoms with Gasteiger partial charge in [-0.15, -0.1) is 0 Å². The molecule has 0 spiro atoms. The third-order valence-electron chi connectivity index (χ3n) is 2.96. The van der Waals surface area contributed by atoms with Crippen molar-refractivity contribution in [3.63, 3.8) is 0 Å². The number of rotatable bonds is 3. The van der Waals surface area contributed by atoms with Crippen LogP contribution in [0, 0.1) is 20.8 Å². The zero-order chi connectivity index (χ0) is 15.5. The zero-order valence-electron chi connectivity index (χ0n) is 13.2. The van der Waals surface area contributed by atoms with Gasteiger partial charge in [0, 0.05) is 0 Å². The second kappa shape index (κ2) is 6.27. The highest BCUT2D eigenvalue weighted by Gasteiger charge is 2.22. The number of amides is 1. The van der Waals surface area contributed by atoms with Crippen molar-refractivity contribution in [3.05, 3.63) is 34.4 Å². The molecule has 0 saturated carbocycles. The van der Waals surface area contributed by atoms with Crippen LogP contribution in [-0.2, 0) is 4.74 Å². The number of carbonyl (C=O) groups excluding carboxylic acids is 1.